The molecule has 0 aliphatic heterocycles. The summed E-state index contributed by atoms with van der Waals surface area (Å²) in [6.45, 7) is 7.97. The Kier molecular flexibility index (Phi) is 5.78. The average molecular weight is 374 g/mol. The summed E-state index contributed by atoms with van der Waals surface area (Å²) in [7, 11) is 1.63. The number of amides is 1. The first-order valence-corrected chi connectivity index (χ1v) is 9.33. The van der Waals surface area contributed by atoms with E-state index in [1.807, 2.05) is 68.4 Å². The van der Waals surface area contributed by atoms with E-state index in [0.29, 0.717) is 18.5 Å². The van der Waals surface area contributed by atoms with Crippen LogP contribution in [0.1, 0.15) is 25.8 Å². The van der Waals surface area contributed by atoms with E-state index in [4.69, 9.17) is 4.74 Å². The SMILES string of the molecule is C=C(C)CC(C)(Cc1ccccc1)C(=O)Nc1cnc2ccc(OC)cc2c1. The lowest BCUT2D eigenvalue weighted by molar-refractivity contribution is -0.124. The molecule has 0 bridgehead atoms. The van der Waals surface area contributed by atoms with Gasteiger partial charge in [-0.15, -0.1) is 6.58 Å². The Bertz CT molecular complexity index is 998. The second-order valence-corrected chi connectivity index (χ2v) is 7.59. The van der Waals surface area contributed by atoms with E-state index < -0.39 is 5.41 Å². The minimum absolute atomic E-state index is 0.0385. The summed E-state index contributed by atoms with van der Waals surface area (Å²) >= 11 is 0. The minimum Gasteiger partial charge on any atom is -0.497 e. The van der Waals surface area contributed by atoms with Crippen LogP contribution in [-0.2, 0) is 11.2 Å². The summed E-state index contributed by atoms with van der Waals surface area (Å²) < 4.78 is 5.28. The Balaban J connectivity index is 1.86. The maximum Gasteiger partial charge on any atom is 0.231 e. The first-order chi connectivity index (χ1) is 13.4. The van der Waals surface area contributed by atoms with Gasteiger partial charge in [0.25, 0.3) is 0 Å². The van der Waals surface area contributed by atoms with Crippen molar-refractivity contribution in [1.82, 2.24) is 4.98 Å². The van der Waals surface area contributed by atoms with Gasteiger partial charge in [-0.2, -0.15) is 0 Å². The molecule has 0 aliphatic rings. The largest absolute Gasteiger partial charge is 0.497 e. The molecule has 4 nitrogen and oxygen atoms in total. The number of benzene rings is 2. The number of carbonyl (C=O) groups excluding carboxylic acids is 1. The van der Waals surface area contributed by atoms with Crippen molar-refractivity contribution in [3.05, 3.63) is 78.5 Å². The number of fused-ring (bicyclic) bond motifs is 1. The van der Waals surface area contributed by atoms with Crippen LogP contribution in [0.4, 0.5) is 5.69 Å². The van der Waals surface area contributed by atoms with Crippen molar-refractivity contribution in [3.63, 3.8) is 0 Å². The number of anilines is 1. The third kappa shape index (κ3) is 4.58. The molecule has 3 aromatic rings. The van der Waals surface area contributed by atoms with E-state index in [2.05, 4.69) is 16.9 Å². The molecule has 144 valence electrons. The number of hydrogen-bond acceptors (Lipinski definition) is 3. The van der Waals surface area contributed by atoms with Crippen LogP contribution in [-0.4, -0.2) is 18.0 Å². The molecule has 28 heavy (non-hydrogen) atoms. The minimum atomic E-state index is -0.601. The zero-order valence-electron chi connectivity index (χ0n) is 16.7. The van der Waals surface area contributed by atoms with E-state index >= 15 is 0 Å². The van der Waals surface area contributed by atoms with Crippen molar-refractivity contribution in [2.75, 3.05) is 12.4 Å². The third-order valence-electron chi connectivity index (χ3n) is 4.82. The Labute approximate surface area is 166 Å². The number of allylic oxidation sites excluding steroid dienone is 1. The molecule has 0 aliphatic carbocycles. The van der Waals surface area contributed by atoms with E-state index in [1.165, 1.54) is 0 Å². The molecular formula is C24H26N2O2. The number of rotatable bonds is 7. The highest BCUT2D eigenvalue weighted by molar-refractivity contribution is 5.97. The number of ether oxygens (including phenoxy) is 1. The Morgan fingerprint density at radius 3 is 2.61 bits per heavy atom. The van der Waals surface area contributed by atoms with Gasteiger partial charge < -0.3 is 10.1 Å². The van der Waals surface area contributed by atoms with Crippen molar-refractivity contribution in [1.29, 1.82) is 0 Å². The lowest BCUT2D eigenvalue weighted by atomic mass is 9.77. The fraction of sp³-hybridized carbons (Fsp3) is 0.250. The van der Waals surface area contributed by atoms with Gasteiger partial charge in [-0.25, -0.2) is 0 Å². The van der Waals surface area contributed by atoms with Crippen LogP contribution in [0.15, 0.2) is 72.9 Å². The Morgan fingerprint density at radius 2 is 1.93 bits per heavy atom. The van der Waals surface area contributed by atoms with Gasteiger partial charge >= 0.3 is 0 Å². The maximum atomic E-state index is 13.2. The number of nitrogens with zero attached hydrogens (tertiary/aromatic N) is 1. The monoisotopic (exact) mass is 374 g/mol. The average Bonchev–Trinajstić information content (AvgIpc) is 2.67. The molecule has 0 saturated heterocycles. The molecule has 1 atom stereocenters. The van der Waals surface area contributed by atoms with Gasteiger partial charge in [0, 0.05) is 5.39 Å². The van der Waals surface area contributed by atoms with Crippen molar-refractivity contribution in [2.45, 2.75) is 26.7 Å². The first kappa shape index (κ1) is 19.6. The summed E-state index contributed by atoms with van der Waals surface area (Å²) in [4.78, 5) is 17.7. The summed E-state index contributed by atoms with van der Waals surface area (Å²) in [6, 6.07) is 17.7. The van der Waals surface area contributed by atoms with Gasteiger partial charge in [0.1, 0.15) is 5.75 Å². The zero-order chi connectivity index (χ0) is 20.1. The summed E-state index contributed by atoms with van der Waals surface area (Å²) in [5.41, 5.74) is 3.04. The van der Waals surface area contributed by atoms with Crippen LogP contribution in [0.2, 0.25) is 0 Å². The van der Waals surface area contributed by atoms with E-state index in [0.717, 1.165) is 27.8 Å². The zero-order valence-corrected chi connectivity index (χ0v) is 16.7. The van der Waals surface area contributed by atoms with Crippen molar-refractivity contribution in [3.8, 4) is 5.75 Å². The van der Waals surface area contributed by atoms with Gasteiger partial charge in [-0.1, -0.05) is 42.8 Å². The predicted octanol–water partition coefficient (Wildman–Crippen LogP) is 5.40. The number of pyridine rings is 1. The maximum absolute atomic E-state index is 13.2. The Hall–Kier alpha value is -3.14. The van der Waals surface area contributed by atoms with Crippen molar-refractivity contribution >= 4 is 22.5 Å². The van der Waals surface area contributed by atoms with Crippen LogP contribution >= 0.6 is 0 Å². The number of carbonyl (C=O) groups is 1. The highest BCUT2D eigenvalue weighted by atomic mass is 16.5. The molecule has 1 heterocycles. The van der Waals surface area contributed by atoms with E-state index in [9.17, 15) is 4.79 Å². The smallest absolute Gasteiger partial charge is 0.231 e. The van der Waals surface area contributed by atoms with Crippen LogP contribution in [0.3, 0.4) is 0 Å². The molecule has 0 fully saturated rings. The van der Waals surface area contributed by atoms with Crippen LogP contribution in [0.25, 0.3) is 10.9 Å². The number of nitrogens with one attached hydrogen (secondary N) is 1. The summed E-state index contributed by atoms with van der Waals surface area (Å²) in [5, 5.41) is 3.97. The molecular weight excluding hydrogens is 348 g/mol. The molecule has 0 spiro atoms. The first-order valence-electron chi connectivity index (χ1n) is 9.33. The van der Waals surface area contributed by atoms with E-state index in [-0.39, 0.29) is 5.91 Å². The van der Waals surface area contributed by atoms with Gasteiger partial charge in [0.2, 0.25) is 5.91 Å². The lowest BCUT2D eigenvalue weighted by Gasteiger charge is -2.29. The van der Waals surface area contributed by atoms with E-state index in [1.54, 1.807) is 13.3 Å². The fourth-order valence-electron chi connectivity index (χ4n) is 3.52. The molecule has 1 aromatic heterocycles. The normalized spacial score (nSPS) is 13.0. The lowest BCUT2D eigenvalue weighted by Crippen LogP contribution is -2.36. The fourth-order valence-corrected chi connectivity index (χ4v) is 3.52. The van der Waals surface area contributed by atoms with Crippen LogP contribution in [0.5, 0.6) is 5.75 Å². The van der Waals surface area contributed by atoms with Gasteiger partial charge in [0.15, 0.2) is 0 Å². The van der Waals surface area contributed by atoms with Gasteiger partial charge in [-0.05, 0) is 49.6 Å². The topological polar surface area (TPSA) is 51.2 Å². The second-order valence-electron chi connectivity index (χ2n) is 7.59. The molecule has 2 aromatic carbocycles. The number of hydrogen-bond donors (Lipinski definition) is 1. The van der Waals surface area contributed by atoms with Crippen molar-refractivity contribution in [2.24, 2.45) is 5.41 Å². The highest BCUT2D eigenvalue weighted by Crippen LogP contribution is 2.32. The quantitative estimate of drug-likeness (QED) is 0.564. The molecule has 1 N–H and O–H groups in total. The molecule has 1 unspecified atom stereocenters. The van der Waals surface area contributed by atoms with Crippen LogP contribution in [0, 0.1) is 5.41 Å². The van der Waals surface area contributed by atoms with Gasteiger partial charge in [0.05, 0.1) is 29.9 Å². The highest BCUT2D eigenvalue weighted by Gasteiger charge is 2.33. The number of methoxy groups -OCH3 is 1. The van der Waals surface area contributed by atoms with Crippen molar-refractivity contribution < 1.29 is 9.53 Å². The molecule has 3 rings (SSSR count). The standard InChI is InChI=1S/C24H26N2O2/c1-17(2)14-24(3,15-18-8-6-5-7-9-18)23(27)26-20-12-19-13-21(28-4)10-11-22(19)25-16-20/h5-13,16H,1,14-15H2,2-4H3,(H,26,27). The second kappa shape index (κ2) is 8.26. The predicted molar refractivity (Wildman–Crippen MR) is 115 cm³/mol. The third-order valence-corrected chi connectivity index (χ3v) is 4.82. The Morgan fingerprint density at radius 1 is 1.18 bits per heavy atom. The summed E-state index contributed by atoms with van der Waals surface area (Å²) in [6.07, 6.45) is 2.94. The number of aromatic nitrogens is 1. The molecule has 0 saturated carbocycles. The van der Waals surface area contributed by atoms with Crippen LogP contribution < -0.4 is 10.1 Å². The summed E-state index contributed by atoms with van der Waals surface area (Å²) in [5.74, 6) is 0.720. The molecule has 4 heteroatoms. The molecule has 1 amide bonds. The van der Waals surface area contributed by atoms with Gasteiger partial charge in [-0.3, -0.25) is 9.78 Å². The molecule has 0 radical (unpaired) electrons.